The predicted molar refractivity (Wildman–Crippen MR) is 125 cm³/mol. The summed E-state index contributed by atoms with van der Waals surface area (Å²) in [6.07, 6.45) is 2.21. The van der Waals surface area contributed by atoms with Gasteiger partial charge in [-0.3, -0.25) is 4.79 Å². The molecule has 2 aromatic heterocycles. The maximum Gasteiger partial charge on any atom is 0.164 e. The lowest BCUT2D eigenvalue weighted by atomic mass is 9.91. The maximum absolute atomic E-state index is 11.9. The number of carbonyl (C=O) groups is 1. The lowest BCUT2D eigenvalue weighted by Gasteiger charge is -2.22. The second kappa shape index (κ2) is 8.80. The lowest BCUT2D eigenvalue weighted by molar-refractivity contribution is 0.112. The standard InChI is InChI=1S/C24H22ClN5O2/c1-14-20-23(26)27-13-28-24(20)30(29-14)15(2)22(32-3)21(16-7-5-4-6-8-16)19-10-9-18(25)11-17(19)12-31/h4-13,15H,1-3H3,(H2,26,27,28)/b22-21-. The van der Waals surface area contributed by atoms with Crippen molar-refractivity contribution in [1.29, 1.82) is 0 Å². The van der Waals surface area contributed by atoms with Crippen LogP contribution < -0.4 is 5.73 Å². The predicted octanol–water partition coefficient (Wildman–Crippen LogP) is 4.85. The summed E-state index contributed by atoms with van der Waals surface area (Å²) in [5.41, 5.74) is 10.2. The minimum atomic E-state index is -0.365. The molecule has 2 aromatic carbocycles. The number of hydrogen-bond acceptors (Lipinski definition) is 6. The summed E-state index contributed by atoms with van der Waals surface area (Å²) in [5, 5.41) is 5.86. The van der Waals surface area contributed by atoms with Crippen molar-refractivity contribution < 1.29 is 9.53 Å². The second-order valence-corrected chi connectivity index (χ2v) is 7.76. The molecule has 1 atom stereocenters. The van der Waals surface area contributed by atoms with E-state index < -0.39 is 0 Å². The molecule has 1 unspecified atom stereocenters. The Labute approximate surface area is 190 Å². The van der Waals surface area contributed by atoms with Crippen molar-refractivity contribution in [2.45, 2.75) is 19.9 Å². The van der Waals surface area contributed by atoms with Gasteiger partial charge in [0.15, 0.2) is 11.9 Å². The lowest BCUT2D eigenvalue weighted by Crippen LogP contribution is -2.15. The van der Waals surface area contributed by atoms with Crippen molar-refractivity contribution in [2.24, 2.45) is 0 Å². The number of rotatable bonds is 6. The van der Waals surface area contributed by atoms with Crippen molar-refractivity contribution in [3.05, 3.63) is 88.0 Å². The summed E-state index contributed by atoms with van der Waals surface area (Å²) >= 11 is 6.15. The molecule has 0 aliphatic rings. The van der Waals surface area contributed by atoms with Crippen molar-refractivity contribution in [2.75, 3.05) is 12.8 Å². The molecular formula is C24H22ClN5O2. The average Bonchev–Trinajstić information content (AvgIpc) is 3.15. The minimum Gasteiger partial charge on any atom is -0.498 e. The number of anilines is 1. The molecule has 8 heteroatoms. The van der Waals surface area contributed by atoms with E-state index in [4.69, 9.17) is 22.1 Å². The smallest absolute Gasteiger partial charge is 0.164 e. The third-order valence-corrected chi connectivity index (χ3v) is 5.61. The molecular weight excluding hydrogens is 426 g/mol. The first-order valence-electron chi connectivity index (χ1n) is 10.00. The van der Waals surface area contributed by atoms with Crippen molar-refractivity contribution in [3.63, 3.8) is 0 Å². The number of hydrogen-bond donors (Lipinski definition) is 1. The molecule has 0 saturated heterocycles. The van der Waals surface area contributed by atoms with Crippen LogP contribution in [0, 0.1) is 6.92 Å². The number of aryl methyl sites for hydroxylation is 1. The van der Waals surface area contributed by atoms with Gasteiger partial charge in [0, 0.05) is 16.2 Å². The van der Waals surface area contributed by atoms with Crippen LogP contribution in [0.15, 0.2) is 60.6 Å². The fourth-order valence-corrected chi connectivity index (χ4v) is 4.11. The molecule has 0 bridgehead atoms. The largest absolute Gasteiger partial charge is 0.498 e. The van der Waals surface area contributed by atoms with Crippen LogP contribution in [0.1, 0.15) is 40.1 Å². The van der Waals surface area contributed by atoms with Crippen LogP contribution in [-0.2, 0) is 4.74 Å². The molecule has 162 valence electrons. The number of nitrogens with zero attached hydrogens (tertiary/aromatic N) is 4. The van der Waals surface area contributed by atoms with E-state index in [1.54, 1.807) is 23.9 Å². The third-order valence-electron chi connectivity index (χ3n) is 5.38. The molecule has 4 rings (SSSR count). The van der Waals surface area contributed by atoms with E-state index in [1.165, 1.54) is 6.33 Å². The summed E-state index contributed by atoms with van der Waals surface area (Å²) in [4.78, 5) is 20.4. The van der Waals surface area contributed by atoms with Crippen LogP contribution >= 0.6 is 11.6 Å². The fraction of sp³-hybridized carbons (Fsp3) is 0.167. The van der Waals surface area contributed by atoms with Crippen molar-refractivity contribution in [1.82, 2.24) is 19.7 Å². The number of carbonyl (C=O) groups excluding carboxylic acids is 1. The van der Waals surface area contributed by atoms with Crippen LogP contribution in [0.3, 0.4) is 0 Å². The number of benzene rings is 2. The number of fused-ring (bicyclic) bond motifs is 1. The molecule has 0 saturated carbocycles. The van der Waals surface area contributed by atoms with E-state index in [9.17, 15) is 4.79 Å². The zero-order valence-corrected chi connectivity index (χ0v) is 18.7. The van der Waals surface area contributed by atoms with E-state index in [1.807, 2.05) is 50.2 Å². The summed E-state index contributed by atoms with van der Waals surface area (Å²) in [6, 6.07) is 14.6. The van der Waals surface area contributed by atoms with Gasteiger partial charge in [0.25, 0.3) is 0 Å². The highest BCUT2D eigenvalue weighted by Crippen LogP contribution is 2.36. The normalized spacial score (nSPS) is 13.0. The number of nitrogen functional groups attached to an aromatic ring is 1. The number of methoxy groups -OCH3 is 1. The zero-order valence-electron chi connectivity index (χ0n) is 17.9. The molecule has 0 spiro atoms. The third kappa shape index (κ3) is 3.71. The highest BCUT2D eigenvalue weighted by Gasteiger charge is 2.25. The van der Waals surface area contributed by atoms with Gasteiger partial charge in [0.05, 0.1) is 18.2 Å². The van der Waals surface area contributed by atoms with Gasteiger partial charge in [0.2, 0.25) is 0 Å². The fourth-order valence-electron chi connectivity index (χ4n) is 3.93. The Balaban J connectivity index is 2.02. The van der Waals surface area contributed by atoms with Gasteiger partial charge in [0.1, 0.15) is 23.9 Å². The van der Waals surface area contributed by atoms with Gasteiger partial charge in [-0.1, -0.05) is 48.0 Å². The van der Waals surface area contributed by atoms with E-state index >= 15 is 0 Å². The highest BCUT2D eigenvalue weighted by atomic mass is 35.5. The first kappa shape index (κ1) is 21.5. The van der Waals surface area contributed by atoms with Gasteiger partial charge < -0.3 is 10.5 Å². The van der Waals surface area contributed by atoms with Gasteiger partial charge in [-0.2, -0.15) is 5.10 Å². The summed E-state index contributed by atoms with van der Waals surface area (Å²) in [5.74, 6) is 0.987. The zero-order chi connectivity index (χ0) is 22.8. The monoisotopic (exact) mass is 447 g/mol. The molecule has 0 aliphatic heterocycles. The Bertz CT molecular complexity index is 1330. The minimum absolute atomic E-state index is 0.365. The summed E-state index contributed by atoms with van der Waals surface area (Å²) in [7, 11) is 1.60. The van der Waals surface area contributed by atoms with Crippen LogP contribution in [0.5, 0.6) is 0 Å². The topological polar surface area (TPSA) is 95.9 Å². The van der Waals surface area contributed by atoms with Crippen LogP contribution in [-0.4, -0.2) is 33.1 Å². The molecule has 7 nitrogen and oxygen atoms in total. The van der Waals surface area contributed by atoms with E-state index in [0.29, 0.717) is 38.8 Å². The molecule has 2 heterocycles. The number of allylic oxidation sites excluding steroid dienone is 1. The number of aromatic nitrogens is 4. The maximum atomic E-state index is 11.9. The quantitative estimate of drug-likeness (QED) is 0.335. The number of ether oxygens (including phenoxy) is 1. The first-order chi connectivity index (χ1) is 15.5. The molecule has 32 heavy (non-hydrogen) atoms. The second-order valence-electron chi connectivity index (χ2n) is 7.32. The number of halogens is 1. The van der Waals surface area contributed by atoms with E-state index in [2.05, 4.69) is 15.1 Å². The van der Waals surface area contributed by atoms with Crippen molar-refractivity contribution in [3.8, 4) is 0 Å². The van der Waals surface area contributed by atoms with Gasteiger partial charge >= 0.3 is 0 Å². The Morgan fingerprint density at radius 3 is 2.62 bits per heavy atom. The Morgan fingerprint density at radius 1 is 1.19 bits per heavy atom. The van der Waals surface area contributed by atoms with Gasteiger partial charge in [-0.25, -0.2) is 14.6 Å². The molecule has 4 aromatic rings. The SMILES string of the molecule is CO/C(=C(/c1ccccc1)c1ccc(Cl)cc1C=O)C(C)n1nc(C)c2c(N)ncnc21. The molecule has 0 aliphatic carbocycles. The average molecular weight is 448 g/mol. The number of aldehydes is 1. The number of nitrogens with two attached hydrogens (primary N) is 1. The Morgan fingerprint density at radius 2 is 1.94 bits per heavy atom. The van der Waals surface area contributed by atoms with Crippen LogP contribution in [0.25, 0.3) is 16.6 Å². The van der Waals surface area contributed by atoms with Gasteiger partial charge in [-0.15, -0.1) is 0 Å². The van der Waals surface area contributed by atoms with Crippen LogP contribution in [0.4, 0.5) is 5.82 Å². The Hall–Kier alpha value is -3.71. The van der Waals surface area contributed by atoms with E-state index in [-0.39, 0.29) is 6.04 Å². The molecule has 0 radical (unpaired) electrons. The van der Waals surface area contributed by atoms with Crippen molar-refractivity contribution >= 4 is 40.3 Å². The highest BCUT2D eigenvalue weighted by molar-refractivity contribution is 6.31. The molecule has 0 amide bonds. The molecule has 0 fully saturated rings. The summed E-state index contributed by atoms with van der Waals surface area (Å²) in [6.45, 7) is 3.83. The summed E-state index contributed by atoms with van der Waals surface area (Å²) < 4.78 is 7.72. The first-order valence-corrected chi connectivity index (χ1v) is 10.4. The van der Waals surface area contributed by atoms with Crippen LogP contribution in [0.2, 0.25) is 5.02 Å². The molecule has 2 N–H and O–H groups in total. The van der Waals surface area contributed by atoms with E-state index in [0.717, 1.165) is 23.1 Å². The van der Waals surface area contributed by atoms with Gasteiger partial charge in [-0.05, 0) is 37.1 Å². The Kier molecular flexibility index (Phi) is 5.92.